The summed E-state index contributed by atoms with van der Waals surface area (Å²) >= 11 is 0. The molecule has 0 saturated carbocycles. The Bertz CT molecular complexity index is 950. The van der Waals surface area contributed by atoms with E-state index in [0.29, 0.717) is 22.3 Å². The van der Waals surface area contributed by atoms with E-state index in [0.717, 1.165) is 25.7 Å². The molecular formula is C30H32F2. The van der Waals surface area contributed by atoms with Gasteiger partial charge in [-0.15, -0.1) is 0 Å². The van der Waals surface area contributed by atoms with Crippen LogP contribution in [0.5, 0.6) is 0 Å². The van der Waals surface area contributed by atoms with Crippen molar-refractivity contribution in [2.24, 2.45) is 0 Å². The highest BCUT2D eigenvalue weighted by Crippen LogP contribution is 2.14. The van der Waals surface area contributed by atoms with Crippen molar-refractivity contribution in [3.63, 3.8) is 0 Å². The van der Waals surface area contributed by atoms with Gasteiger partial charge in [0.1, 0.15) is 11.6 Å². The summed E-state index contributed by atoms with van der Waals surface area (Å²) < 4.78 is 28.5. The van der Waals surface area contributed by atoms with E-state index in [-0.39, 0.29) is 11.6 Å². The molecule has 0 radical (unpaired) electrons. The zero-order valence-electron chi connectivity index (χ0n) is 19.2. The molecule has 0 amide bonds. The second kappa shape index (κ2) is 14.8. The third-order valence-electron chi connectivity index (χ3n) is 5.02. The topological polar surface area (TPSA) is 0 Å². The van der Waals surface area contributed by atoms with E-state index in [4.69, 9.17) is 0 Å². The lowest BCUT2D eigenvalue weighted by molar-refractivity contribution is 0.624. The summed E-state index contributed by atoms with van der Waals surface area (Å²) in [5.41, 5.74) is 2.26. The lowest BCUT2D eigenvalue weighted by Gasteiger charge is -1.98. The summed E-state index contributed by atoms with van der Waals surface area (Å²) in [4.78, 5) is 0. The molecule has 0 bridgehead atoms. The zero-order valence-corrected chi connectivity index (χ0v) is 19.2. The predicted octanol–water partition coefficient (Wildman–Crippen LogP) is 8.56. The number of unbranched alkanes of at least 4 members (excludes halogenated alkanes) is 6. The fraction of sp³-hybridized carbons (Fsp3) is 0.333. The lowest BCUT2D eigenvalue weighted by Crippen LogP contribution is -1.85. The van der Waals surface area contributed by atoms with Gasteiger partial charge in [0.25, 0.3) is 0 Å². The fourth-order valence-corrected chi connectivity index (χ4v) is 3.13. The average Bonchev–Trinajstić information content (AvgIpc) is 2.79. The molecule has 2 rings (SSSR count). The normalized spacial score (nSPS) is 10.8. The van der Waals surface area contributed by atoms with Crippen molar-refractivity contribution in [2.75, 3.05) is 0 Å². The molecule has 2 heteroatoms. The minimum atomic E-state index is -0.295. The molecule has 0 unspecified atom stereocenters. The quantitative estimate of drug-likeness (QED) is 0.262. The molecule has 2 aromatic rings. The number of rotatable bonds is 10. The van der Waals surface area contributed by atoms with Gasteiger partial charge in [-0.25, -0.2) is 8.78 Å². The summed E-state index contributed by atoms with van der Waals surface area (Å²) in [6, 6.07) is 9.86. The third kappa shape index (κ3) is 9.36. The Kier molecular flexibility index (Phi) is 11.7. The summed E-state index contributed by atoms with van der Waals surface area (Å²) in [5.74, 6) is 10.5. The molecule has 0 saturated heterocycles. The Morgan fingerprint density at radius 3 is 1.47 bits per heavy atom. The first kappa shape index (κ1) is 25.2. The first-order valence-corrected chi connectivity index (χ1v) is 11.6. The lowest BCUT2D eigenvalue weighted by atomic mass is 10.1. The van der Waals surface area contributed by atoms with Gasteiger partial charge in [0.05, 0.1) is 0 Å². The number of benzene rings is 2. The summed E-state index contributed by atoms with van der Waals surface area (Å²) in [5, 5.41) is 0. The molecule has 0 spiro atoms. The Morgan fingerprint density at radius 2 is 1.09 bits per heavy atom. The molecule has 32 heavy (non-hydrogen) atoms. The number of allylic oxidation sites excluding steroid dienone is 2. The molecule has 0 N–H and O–H groups in total. The van der Waals surface area contributed by atoms with E-state index in [2.05, 4.69) is 37.5 Å². The van der Waals surface area contributed by atoms with Crippen LogP contribution in [0.3, 0.4) is 0 Å². The standard InChI is InChI=1S/C30H32F2/c1-3-5-7-9-11-17-27-21-19-25(23-29(27)31)15-13-14-16-26-20-22-28(30(32)24-26)18-12-10-8-6-4-2/h11-12,17-24H,3-10H2,1-2H3/b17-11+,18-12+. The average molecular weight is 431 g/mol. The maximum Gasteiger partial charge on any atom is 0.131 e. The van der Waals surface area contributed by atoms with Crippen molar-refractivity contribution in [2.45, 2.75) is 65.2 Å². The minimum absolute atomic E-state index is 0.295. The smallest absolute Gasteiger partial charge is 0.131 e. The Morgan fingerprint density at radius 1 is 0.656 bits per heavy atom. The van der Waals surface area contributed by atoms with E-state index in [1.165, 1.54) is 37.8 Å². The van der Waals surface area contributed by atoms with Crippen LogP contribution < -0.4 is 0 Å². The van der Waals surface area contributed by atoms with Gasteiger partial charge in [-0.05, 0) is 61.8 Å². The fourth-order valence-electron chi connectivity index (χ4n) is 3.13. The molecule has 0 atom stereocenters. The monoisotopic (exact) mass is 430 g/mol. The van der Waals surface area contributed by atoms with Crippen molar-refractivity contribution >= 4 is 12.2 Å². The molecule has 0 nitrogen and oxygen atoms in total. The molecule has 166 valence electrons. The highest BCUT2D eigenvalue weighted by Gasteiger charge is 2.00. The molecular weight excluding hydrogens is 398 g/mol. The van der Waals surface area contributed by atoms with Crippen molar-refractivity contribution < 1.29 is 8.78 Å². The highest BCUT2D eigenvalue weighted by molar-refractivity contribution is 5.54. The largest absolute Gasteiger partial charge is 0.206 e. The van der Waals surface area contributed by atoms with Gasteiger partial charge in [0, 0.05) is 22.3 Å². The molecule has 0 aromatic heterocycles. The first-order valence-electron chi connectivity index (χ1n) is 11.6. The third-order valence-corrected chi connectivity index (χ3v) is 5.02. The van der Waals surface area contributed by atoms with Crippen LogP contribution in [0.1, 0.15) is 87.5 Å². The number of hydrogen-bond donors (Lipinski definition) is 0. The second-order valence-corrected chi connectivity index (χ2v) is 7.77. The van der Waals surface area contributed by atoms with Crippen molar-refractivity contribution in [3.05, 3.63) is 82.4 Å². The Balaban J connectivity index is 1.95. The van der Waals surface area contributed by atoms with Crippen LogP contribution in [0.15, 0.2) is 48.6 Å². The van der Waals surface area contributed by atoms with Crippen molar-refractivity contribution in [1.82, 2.24) is 0 Å². The van der Waals surface area contributed by atoms with Gasteiger partial charge in [0.2, 0.25) is 0 Å². The van der Waals surface area contributed by atoms with E-state index < -0.39 is 0 Å². The van der Waals surface area contributed by atoms with Crippen LogP contribution in [0.2, 0.25) is 0 Å². The zero-order chi connectivity index (χ0) is 23.0. The first-order chi connectivity index (χ1) is 15.6. The highest BCUT2D eigenvalue weighted by atomic mass is 19.1. The van der Waals surface area contributed by atoms with E-state index in [1.807, 2.05) is 24.3 Å². The van der Waals surface area contributed by atoms with Crippen molar-refractivity contribution in [1.29, 1.82) is 0 Å². The van der Waals surface area contributed by atoms with Gasteiger partial charge in [-0.1, -0.05) is 87.8 Å². The van der Waals surface area contributed by atoms with Gasteiger partial charge in [-0.2, -0.15) is 0 Å². The SMILES string of the molecule is CCCCC/C=C/c1ccc(C#CC#Cc2ccc(/C=C/CCCCC)c(F)c2)cc1F. The van der Waals surface area contributed by atoms with Crippen LogP contribution in [-0.4, -0.2) is 0 Å². The molecule has 0 aliphatic heterocycles. The molecule has 0 aliphatic rings. The summed E-state index contributed by atoms with van der Waals surface area (Å²) in [6.45, 7) is 4.33. The maximum absolute atomic E-state index is 14.2. The van der Waals surface area contributed by atoms with Crippen molar-refractivity contribution in [3.8, 4) is 23.7 Å². The van der Waals surface area contributed by atoms with Gasteiger partial charge in [0.15, 0.2) is 0 Å². The summed E-state index contributed by atoms with van der Waals surface area (Å²) in [6.07, 6.45) is 16.6. The van der Waals surface area contributed by atoms with Gasteiger partial charge >= 0.3 is 0 Å². The molecule has 0 aliphatic carbocycles. The van der Waals surface area contributed by atoms with E-state index in [1.54, 1.807) is 24.3 Å². The van der Waals surface area contributed by atoms with Crippen LogP contribution in [0.25, 0.3) is 12.2 Å². The van der Waals surface area contributed by atoms with Gasteiger partial charge < -0.3 is 0 Å². The minimum Gasteiger partial charge on any atom is -0.206 e. The molecule has 0 fully saturated rings. The van der Waals surface area contributed by atoms with E-state index >= 15 is 0 Å². The maximum atomic E-state index is 14.2. The van der Waals surface area contributed by atoms with Crippen LogP contribution in [0.4, 0.5) is 8.78 Å². The Labute approximate surface area is 192 Å². The van der Waals surface area contributed by atoms with Crippen LogP contribution in [-0.2, 0) is 0 Å². The van der Waals surface area contributed by atoms with E-state index in [9.17, 15) is 8.78 Å². The number of hydrogen-bond acceptors (Lipinski definition) is 0. The molecule has 0 heterocycles. The molecule has 2 aromatic carbocycles. The summed E-state index contributed by atoms with van der Waals surface area (Å²) in [7, 11) is 0. The number of halogens is 2. The second-order valence-electron chi connectivity index (χ2n) is 7.77. The predicted molar refractivity (Wildman–Crippen MR) is 133 cm³/mol. The Hall–Kier alpha value is -3.10. The van der Waals surface area contributed by atoms with Crippen LogP contribution in [0, 0.1) is 35.3 Å². The van der Waals surface area contributed by atoms with Crippen LogP contribution >= 0.6 is 0 Å². The van der Waals surface area contributed by atoms with Gasteiger partial charge in [-0.3, -0.25) is 0 Å².